The Labute approximate surface area is 145 Å². The number of thiophene rings is 1. The van der Waals surface area contributed by atoms with Gasteiger partial charge in [-0.3, -0.25) is 4.90 Å². The van der Waals surface area contributed by atoms with Crippen molar-refractivity contribution in [2.75, 3.05) is 26.2 Å². The molecule has 122 valence electrons. The number of halogens is 4. The summed E-state index contributed by atoms with van der Waals surface area (Å²) in [6, 6.07) is 7.44. The fourth-order valence-corrected chi connectivity index (χ4v) is 3.52. The van der Waals surface area contributed by atoms with E-state index in [1.54, 1.807) is 11.3 Å². The Morgan fingerprint density at radius 2 is 1.82 bits per heavy atom. The predicted molar refractivity (Wildman–Crippen MR) is 91.5 cm³/mol. The molecule has 2 aromatic rings. The Kier molecular flexibility index (Phi) is 7.72. The lowest BCUT2D eigenvalue weighted by atomic mass is 10.0. The molecular formula is C15H18Cl2F2N2S. The molecule has 22 heavy (non-hydrogen) atoms. The molecule has 1 atom stereocenters. The molecule has 1 aromatic carbocycles. The Morgan fingerprint density at radius 1 is 1.09 bits per heavy atom. The average Bonchev–Trinajstić information content (AvgIpc) is 2.98. The van der Waals surface area contributed by atoms with E-state index in [1.165, 1.54) is 18.2 Å². The molecule has 2 nitrogen and oxygen atoms in total. The fourth-order valence-electron chi connectivity index (χ4n) is 2.64. The minimum atomic E-state index is -0.391. The number of hydrogen-bond donors (Lipinski definition) is 1. The van der Waals surface area contributed by atoms with Gasteiger partial charge in [-0.25, -0.2) is 8.78 Å². The smallest absolute Gasteiger partial charge is 0.128 e. The van der Waals surface area contributed by atoms with Crippen LogP contribution in [0.1, 0.15) is 16.5 Å². The van der Waals surface area contributed by atoms with Crippen molar-refractivity contribution in [3.05, 3.63) is 57.8 Å². The van der Waals surface area contributed by atoms with Gasteiger partial charge in [-0.15, -0.1) is 36.2 Å². The lowest BCUT2D eigenvalue weighted by molar-refractivity contribution is 0.197. The zero-order valence-electron chi connectivity index (χ0n) is 11.8. The second kappa shape index (κ2) is 8.79. The molecule has 3 rings (SSSR count). The van der Waals surface area contributed by atoms with Crippen molar-refractivity contribution in [2.45, 2.75) is 6.04 Å². The summed E-state index contributed by atoms with van der Waals surface area (Å²) in [5, 5.41) is 5.26. The Hall–Kier alpha value is -0.720. The summed E-state index contributed by atoms with van der Waals surface area (Å²) < 4.78 is 27.7. The normalized spacial score (nSPS) is 16.5. The van der Waals surface area contributed by atoms with E-state index in [-0.39, 0.29) is 36.7 Å². The number of piperazine rings is 1. The van der Waals surface area contributed by atoms with Crippen LogP contribution in [0.2, 0.25) is 0 Å². The summed E-state index contributed by atoms with van der Waals surface area (Å²) in [4.78, 5) is 3.26. The first-order valence-electron chi connectivity index (χ1n) is 6.69. The number of rotatable bonds is 3. The van der Waals surface area contributed by atoms with E-state index < -0.39 is 5.82 Å². The molecule has 0 unspecified atom stereocenters. The molecule has 1 N–H and O–H groups in total. The molecule has 2 heterocycles. The second-order valence-electron chi connectivity index (χ2n) is 4.87. The Bertz CT molecular complexity index is 575. The first-order valence-corrected chi connectivity index (χ1v) is 7.57. The second-order valence-corrected chi connectivity index (χ2v) is 5.85. The van der Waals surface area contributed by atoms with E-state index in [1.807, 2.05) is 17.5 Å². The molecule has 0 saturated carbocycles. The van der Waals surface area contributed by atoms with Gasteiger partial charge in [-0.05, 0) is 29.6 Å². The highest BCUT2D eigenvalue weighted by Gasteiger charge is 2.27. The van der Waals surface area contributed by atoms with Crippen molar-refractivity contribution in [1.29, 1.82) is 0 Å². The number of benzene rings is 1. The SMILES string of the molecule is Cl.Cl.Fc1ccc(F)c([C@@H](c2cccs2)N2CCNCC2)c1. The van der Waals surface area contributed by atoms with Crippen molar-refractivity contribution >= 4 is 36.2 Å². The lowest BCUT2D eigenvalue weighted by Crippen LogP contribution is -2.45. The van der Waals surface area contributed by atoms with E-state index in [0.717, 1.165) is 31.1 Å². The van der Waals surface area contributed by atoms with E-state index in [2.05, 4.69) is 10.2 Å². The van der Waals surface area contributed by atoms with Crippen molar-refractivity contribution in [1.82, 2.24) is 10.2 Å². The van der Waals surface area contributed by atoms with Gasteiger partial charge < -0.3 is 5.32 Å². The number of hydrogen-bond acceptors (Lipinski definition) is 3. The van der Waals surface area contributed by atoms with Crippen molar-refractivity contribution in [3.8, 4) is 0 Å². The summed E-state index contributed by atoms with van der Waals surface area (Å²) >= 11 is 1.58. The third-order valence-electron chi connectivity index (χ3n) is 3.58. The zero-order chi connectivity index (χ0) is 13.9. The quantitative estimate of drug-likeness (QED) is 0.886. The summed E-state index contributed by atoms with van der Waals surface area (Å²) in [5.41, 5.74) is 0.425. The third kappa shape index (κ3) is 4.18. The number of nitrogens with one attached hydrogen (secondary N) is 1. The van der Waals surface area contributed by atoms with E-state index in [9.17, 15) is 8.78 Å². The maximum absolute atomic E-state index is 14.2. The van der Waals surface area contributed by atoms with Gasteiger partial charge in [0.25, 0.3) is 0 Å². The molecule has 1 fully saturated rings. The minimum absolute atomic E-state index is 0. The van der Waals surface area contributed by atoms with Gasteiger partial charge in [-0.2, -0.15) is 0 Å². The highest BCUT2D eigenvalue weighted by atomic mass is 35.5. The number of nitrogens with zero attached hydrogens (tertiary/aromatic N) is 1. The minimum Gasteiger partial charge on any atom is -0.314 e. The molecule has 1 aliphatic heterocycles. The van der Waals surface area contributed by atoms with Crippen LogP contribution in [0, 0.1) is 11.6 Å². The Balaban J connectivity index is 0.00000121. The van der Waals surface area contributed by atoms with E-state index >= 15 is 0 Å². The van der Waals surface area contributed by atoms with Crippen LogP contribution in [0.25, 0.3) is 0 Å². The molecule has 1 aromatic heterocycles. The van der Waals surface area contributed by atoms with Crippen molar-refractivity contribution in [3.63, 3.8) is 0 Å². The molecule has 1 aliphatic rings. The summed E-state index contributed by atoms with van der Waals surface area (Å²) in [7, 11) is 0. The Morgan fingerprint density at radius 3 is 2.45 bits per heavy atom. The highest BCUT2D eigenvalue weighted by molar-refractivity contribution is 7.10. The van der Waals surface area contributed by atoms with Gasteiger partial charge >= 0.3 is 0 Å². The van der Waals surface area contributed by atoms with Crippen LogP contribution in [-0.2, 0) is 0 Å². The molecule has 1 saturated heterocycles. The third-order valence-corrected chi connectivity index (χ3v) is 4.51. The van der Waals surface area contributed by atoms with Gasteiger partial charge in [0.1, 0.15) is 11.6 Å². The summed E-state index contributed by atoms with van der Waals surface area (Å²) in [6.07, 6.45) is 0. The van der Waals surface area contributed by atoms with Crippen LogP contribution < -0.4 is 5.32 Å². The fraction of sp³-hybridized carbons (Fsp3) is 0.333. The first kappa shape index (κ1) is 19.3. The molecular weight excluding hydrogens is 349 g/mol. The van der Waals surface area contributed by atoms with Crippen LogP contribution in [0.5, 0.6) is 0 Å². The molecule has 0 radical (unpaired) electrons. The molecule has 0 spiro atoms. The molecule has 7 heteroatoms. The zero-order valence-corrected chi connectivity index (χ0v) is 14.2. The molecule has 0 amide bonds. The van der Waals surface area contributed by atoms with Crippen molar-refractivity contribution in [2.24, 2.45) is 0 Å². The van der Waals surface area contributed by atoms with E-state index in [0.29, 0.717) is 5.56 Å². The summed E-state index contributed by atoms with van der Waals surface area (Å²) in [5.74, 6) is -0.735. The standard InChI is InChI=1S/C15H16F2N2S.2ClH/c16-11-3-4-13(17)12(10-11)15(14-2-1-9-20-14)19-7-5-18-6-8-19;;/h1-4,9-10,15,18H,5-8H2;2*1H/t15-;;/m0../s1. The average molecular weight is 367 g/mol. The predicted octanol–water partition coefficient (Wildman–Crippen LogP) is 3.86. The molecule has 0 bridgehead atoms. The monoisotopic (exact) mass is 366 g/mol. The van der Waals surface area contributed by atoms with Gasteiger partial charge in [-0.1, -0.05) is 6.07 Å². The van der Waals surface area contributed by atoms with Gasteiger partial charge in [0, 0.05) is 36.6 Å². The maximum atomic E-state index is 14.2. The van der Waals surface area contributed by atoms with Crippen LogP contribution in [0.4, 0.5) is 8.78 Å². The highest BCUT2D eigenvalue weighted by Crippen LogP contribution is 2.33. The maximum Gasteiger partial charge on any atom is 0.128 e. The van der Waals surface area contributed by atoms with E-state index in [4.69, 9.17) is 0 Å². The van der Waals surface area contributed by atoms with Crippen LogP contribution in [-0.4, -0.2) is 31.1 Å². The van der Waals surface area contributed by atoms with Gasteiger partial charge in [0.15, 0.2) is 0 Å². The molecule has 0 aliphatic carbocycles. The van der Waals surface area contributed by atoms with Crippen LogP contribution in [0.3, 0.4) is 0 Å². The van der Waals surface area contributed by atoms with Gasteiger partial charge in [0.2, 0.25) is 0 Å². The topological polar surface area (TPSA) is 15.3 Å². The van der Waals surface area contributed by atoms with Gasteiger partial charge in [0.05, 0.1) is 6.04 Å². The first-order chi connectivity index (χ1) is 9.75. The lowest BCUT2D eigenvalue weighted by Gasteiger charge is -2.34. The van der Waals surface area contributed by atoms with Crippen LogP contribution in [0.15, 0.2) is 35.7 Å². The largest absolute Gasteiger partial charge is 0.314 e. The summed E-state index contributed by atoms with van der Waals surface area (Å²) in [6.45, 7) is 3.41. The van der Waals surface area contributed by atoms with Crippen LogP contribution >= 0.6 is 36.2 Å². The van der Waals surface area contributed by atoms with Crippen molar-refractivity contribution < 1.29 is 8.78 Å².